The van der Waals surface area contributed by atoms with E-state index in [4.69, 9.17) is 11.2 Å². The summed E-state index contributed by atoms with van der Waals surface area (Å²) in [5.41, 5.74) is 1.60. The number of nitrogens with one attached hydrogen (secondary N) is 1. The Morgan fingerprint density at radius 2 is 2.05 bits per heavy atom. The van der Waals surface area contributed by atoms with Crippen molar-refractivity contribution < 1.29 is 9.13 Å². The first kappa shape index (κ1) is 13.8. The SMILES string of the molecule is C#Cc1cc(Nc2ncnc3cc(OC)ccc23)ccc1F. The fraction of sp³-hybridized carbons (Fsp3) is 0.0588. The van der Waals surface area contributed by atoms with Crippen molar-refractivity contribution in [1.29, 1.82) is 0 Å². The van der Waals surface area contributed by atoms with Crippen LogP contribution in [-0.2, 0) is 0 Å². The summed E-state index contributed by atoms with van der Waals surface area (Å²) in [6.07, 6.45) is 6.73. The molecular weight excluding hydrogens is 281 g/mol. The van der Waals surface area contributed by atoms with Crippen LogP contribution in [0.1, 0.15) is 5.56 Å². The lowest BCUT2D eigenvalue weighted by atomic mass is 10.2. The molecule has 0 aliphatic rings. The van der Waals surface area contributed by atoms with Crippen LogP contribution in [0.5, 0.6) is 5.75 Å². The number of fused-ring (bicyclic) bond motifs is 1. The summed E-state index contributed by atoms with van der Waals surface area (Å²) in [5, 5.41) is 3.96. The van der Waals surface area contributed by atoms with Gasteiger partial charge in [0.2, 0.25) is 0 Å². The van der Waals surface area contributed by atoms with Crippen LogP contribution in [0.3, 0.4) is 0 Å². The second-order valence-corrected chi connectivity index (χ2v) is 4.57. The van der Waals surface area contributed by atoms with E-state index >= 15 is 0 Å². The number of nitrogens with zero attached hydrogens (tertiary/aromatic N) is 2. The molecule has 0 saturated carbocycles. The highest BCUT2D eigenvalue weighted by atomic mass is 19.1. The van der Waals surface area contributed by atoms with Gasteiger partial charge < -0.3 is 10.1 Å². The molecular formula is C17H12FN3O. The van der Waals surface area contributed by atoms with Gasteiger partial charge in [-0.2, -0.15) is 0 Å². The molecule has 4 nitrogen and oxygen atoms in total. The fourth-order valence-corrected chi connectivity index (χ4v) is 2.11. The summed E-state index contributed by atoms with van der Waals surface area (Å²) >= 11 is 0. The lowest BCUT2D eigenvalue weighted by Gasteiger charge is -2.09. The van der Waals surface area contributed by atoms with E-state index in [1.165, 1.54) is 12.4 Å². The van der Waals surface area contributed by atoms with E-state index in [-0.39, 0.29) is 5.56 Å². The number of hydrogen-bond acceptors (Lipinski definition) is 4. The average molecular weight is 293 g/mol. The third-order valence-electron chi connectivity index (χ3n) is 3.23. The summed E-state index contributed by atoms with van der Waals surface area (Å²) < 4.78 is 18.6. The number of ether oxygens (including phenoxy) is 1. The van der Waals surface area contributed by atoms with Gasteiger partial charge in [0.1, 0.15) is 23.7 Å². The van der Waals surface area contributed by atoms with Gasteiger partial charge in [0.15, 0.2) is 0 Å². The Kier molecular flexibility index (Phi) is 3.58. The van der Waals surface area contributed by atoms with Gasteiger partial charge in [-0.3, -0.25) is 0 Å². The molecule has 2 aromatic carbocycles. The lowest BCUT2D eigenvalue weighted by Crippen LogP contribution is -1.97. The second kappa shape index (κ2) is 5.70. The number of terminal acetylenes is 1. The van der Waals surface area contributed by atoms with Gasteiger partial charge in [-0.1, -0.05) is 5.92 Å². The highest BCUT2D eigenvalue weighted by Gasteiger charge is 2.07. The molecule has 0 unspecified atom stereocenters. The lowest BCUT2D eigenvalue weighted by molar-refractivity contribution is 0.415. The molecule has 3 rings (SSSR count). The Hall–Kier alpha value is -3.13. The standard InChI is InChI=1S/C17H12FN3O/c1-3-11-8-12(4-7-15(11)18)21-17-14-6-5-13(22-2)9-16(14)19-10-20-17/h1,4-10H,2H3,(H,19,20,21). The van der Waals surface area contributed by atoms with Gasteiger partial charge in [0, 0.05) is 17.1 Å². The van der Waals surface area contributed by atoms with Crippen molar-refractivity contribution >= 4 is 22.4 Å². The van der Waals surface area contributed by atoms with Gasteiger partial charge in [-0.05, 0) is 30.3 Å². The smallest absolute Gasteiger partial charge is 0.141 e. The highest BCUT2D eigenvalue weighted by Crippen LogP contribution is 2.26. The molecule has 1 heterocycles. The van der Waals surface area contributed by atoms with Crippen molar-refractivity contribution in [2.24, 2.45) is 0 Å². The van der Waals surface area contributed by atoms with Crippen LogP contribution < -0.4 is 10.1 Å². The van der Waals surface area contributed by atoms with E-state index in [0.717, 1.165) is 10.9 Å². The largest absolute Gasteiger partial charge is 0.497 e. The van der Waals surface area contributed by atoms with Gasteiger partial charge in [-0.25, -0.2) is 14.4 Å². The molecule has 22 heavy (non-hydrogen) atoms. The predicted molar refractivity (Wildman–Crippen MR) is 83.7 cm³/mol. The van der Waals surface area contributed by atoms with E-state index in [2.05, 4.69) is 21.2 Å². The molecule has 3 aromatic rings. The van der Waals surface area contributed by atoms with Crippen LogP contribution in [-0.4, -0.2) is 17.1 Å². The van der Waals surface area contributed by atoms with Gasteiger partial charge in [0.25, 0.3) is 0 Å². The van der Waals surface area contributed by atoms with Crippen LogP contribution in [0.4, 0.5) is 15.9 Å². The van der Waals surface area contributed by atoms with Gasteiger partial charge >= 0.3 is 0 Å². The summed E-state index contributed by atoms with van der Waals surface area (Å²) in [6.45, 7) is 0. The van der Waals surface area contributed by atoms with Crippen LogP contribution in [0.2, 0.25) is 0 Å². The molecule has 0 amide bonds. The molecule has 108 valence electrons. The highest BCUT2D eigenvalue weighted by molar-refractivity contribution is 5.91. The van der Waals surface area contributed by atoms with E-state index in [1.807, 2.05) is 18.2 Å². The van der Waals surface area contributed by atoms with E-state index in [9.17, 15) is 4.39 Å². The summed E-state index contributed by atoms with van der Waals surface area (Å²) in [4.78, 5) is 8.44. The molecule has 0 radical (unpaired) electrons. The Morgan fingerprint density at radius 3 is 2.82 bits per heavy atom. The van der Waals surface area contributed by atoms with E-state index < -0.39 is 5.82 Å². The number of aromatic nitrogens is 2. The van der Waals surface area contributed by atoms with Crippen molar-refractivity contribution in [3.63, 3.8) is 0 Å². The van der Waals surface area contributed by atoms with Crippen LogP contribution in [0, 0.1) is 18.2 Å². The zero-order valence-electron chi connectivity index (χ0n) is 11.8. The maximum Gasteiger partial charge on any atom is 0.141 e. The number of hydrogen-bond donors (Lipinski definition) is 1. The number of benzene rings is 2. The number of halogens is 1. The third-order valence-corrected chi connectivity index (χ3v) is 3.23. The zero-order chi connectivity index (χ0) is 15.5. The summed E-state index contributed by atoms with van der Waals surface area (Å²) in [5.74, 6) is 3.21. The molecule has 0 fully saturated rings. The van der Waals surface area contributed by atoms with Crippen LogP contribution in [0.15, 0.2) is 42.7 Å². The maximum absolute atomic E-state index is 13.4. The van der Waals surface area contributed by atoms with Crippen LogP contribution in [0.25, 0.3) is 10.9 Å². The molecule has 0 aliphatic carbocycles. The van der Waals surface area contributed by atoms with Crippen molar-refractivity contribution in [3.8, 4) is 18.1 Å². The zero-order valence-corrected chi connectivity index (χ0v) is 11.8. The minimum atomic E-state index is -0.426. The predicted octanol–water partition coefficient (Wildman–Crippen LogP) is 3.50. The molecule has 0 spiro atoms. The van der Waals surface area contributed by atoms with E-state index in [1.54, 1.807) is 19.2 Å². The Morgan fingerprint density at radius 1 is 1.18 bits per heavy atom. The molecule has 0 saturated heterocycles. The Labute approximate surface area is 127 Å². The van der Waals surface area contributed by atoms with E-state index in [0.29, 0.717) is 17.3 Å². The molecule has 0 atom stereocenters. The first-order valence-corrected chi connectivity index (χ1v) is 6.53. The van der Waals surface area contributed by atoms with Crippen molar-refractivity contribution in [3.05, 3.63) is 54.1 Å². The summed E-state index contributed by atoms with van der Waals surface area (Å²) in [7, 11) is 1.60. The Balaban J connectivity index is 2.02. The first-order chi connectivity index (χ1) is 10.7. The third kappa shape index (κ3) is 2.54. The molecule has 5 heteroatoms. The topological polar surface area (TPSA) is 47.0 Å². The Bertz CT molecular complexity index is 887. The van der Waals surface area contributed by atoms with Crippen molar-refractivity contribution in [2.45, 2.75) is 0 Å². The normalized spacial score (nSPS) is 10.2. The average Bonchev–Trinajstić information content (AvgIpc) is 2.56. The first-order valence-electron chi connectivity index (χ1n) is 6.53. The number of methoxy groups -OCH3 is 1. The molecule has 1 aromatic heterocycles. The minimum Gasteiger partial charge on any atom is -0.497 e. The van der Waals surface area contributed by atoms with Gasteiger partial charge in [-0.15, -0.1) is 6.42 Å². The number of anilines is 2. The monoisotopic (exact) mass is 293 g/mol. The van der Waals surface area contributed by atoms with Gasteiger partial charge in [0.05, 0.1) is 18.2 Å². The minimum absolute atomic E-state index is 0.199. The molecule has 0 bridgehead atoms. The number of rotatable bonds is 3. The fourth-order valence-electron chi connectivity index (χ4n) is 2.11. The second-order valence-electron chi connectivity index (χ2n) is 4.57. The molecule has 1 N–H and O–H groups in total. The summed E-state index contributed by atoms with van der Waals surface area (Å²) in [6, 6.07) is 10.0. The quantitative estimate of drug-likeness (QED) is 0.751. The van der Waals surface area contributed by atoms with Crippen molar-refractivity contribution in [2.75, 3.05) is 12.4 Å². The molecule has 0 aliphatic heterocycles. The van der Waals surface area contributed by atoms with Crippen LogP contribution >= 0.6 is 0 Å². The van der Waals surface area contributed by atoms with Crippen molar-refractivity contribution in [1.82, 2.24) is 9.97 Å². The maximum atomic E-state index is 13.4.